The van der Waals surface area contributed by atoms with Crippen LogP contribution in [0.2, 0.25) is 0 Å². The molecule has 1 atom stereocenters. The lowest BCUT2D eigenvalue weighted by Crippen LogP contribution is -2.24. The van der Waals surface area contributed by atoms with Gasteiger partial charge in [0.2, 0.25) is 0 Å². The molecule has 194 valence electrons. The van der Waals surface area contributed by atoms with Gasteiger partial charge in [0.05, 0.1) is 29.4 Å². The first kappa shape index (κ1) is 25.2. The number of rotatable bonds is 9. The summed E-state index contributed by atoms with van der Waals surface area (Å²) in [4.78, 5) is 35.3. The number of carbonyl (C=O) groups is 1. The summed E-state index contributed by atoms with van der Waals surface area (Å²) in [5.74, 6) is 0.534. The molecular formula is C30H29N3O5. The van der Waals surface area contributed by atoms with E-state index in [0.717, 1.165) is 33.8 Å². The Morgan fingerprint density at radius 2 is 1.92 bits per heavy atom. The molecule has 38 heavy (non-hydrogen) atoms. The molecule has 0 fully saturated rings. The molecular weight excluding hydrogens is 482 g/mol. The van der Waals surface area contributed by atoms with E-state index in [1.165, 1.54) is 0 Å². The number of ether oxygens (including phenoxy) is 1. The Hall–Kier alpha value is -4.46. The van der Waals surface area contributed by atoms with Crippen molar-refractivity contribution in [3.8, 4) is 11.4 Å². The van der Waals surface area contributed by atoms with Gasteiger partial charge in [0, 0.05) is 24.8 Å². The van der Waals surface area contributed by atoms with E-state index >= 15 is 0 Å². The van der Waals surface area contributed by atoms with Crippen molar-refractivity contribution in [2.24, 2.45) is 5.16 Å². The first-order chi connectivity index (χ1) is 18.4. The van der Waals surface area contributed by atoms with Gasteiger partial charge in [-0.2, -0.15) is 0 Å². The first-order valence-electron chi connectivity index (χ1n) is 12.6. The molecule has 0 amide bonds. The molecule has 0 saturated heterocycles. The lowest BCUT2D eigenvalue weighted by Gasteiger charge is -2.14. The van der Waals surface area contributed by atoms with Crippen LogP contribution in [0, 0.1) is 6.92 Å². The average molecular weight is 512 g/mol. The minimum absolute atomic E-state index is 0.0841. The normalized spacial score (nSPS) is 14.8. The minimum atomic E-state index is -0.830. The van der Waals surface area contributed by atoms with Crippen molar-refractivity contribution < 1.29 is 19.5 Å². The Morgan fingerprint density at radius 3 is 2.68 bits per heavy atom. The van der Waals surface area contributed by atoms with E-state index in [9.17, 15) is 9.59 Å². The van der Waals surface area contributed by atoms with Gasteiger partial charge in [-0.15, -0.1) is 0 Å². The van der Waals surface area contributed by atoms with E-state index in [1.54, 1.807) is 17.7 Å². The minimum Gasteiger partial charge on any atom is -0.497 e. The highest BCUT2D eigenvalue weighted by Gasteiger charge is 2.25. The molecule has 3 aromatic carbocycles. The van der Waals surface area contributed by atoms with Gasteiger partial charge < -0.3 is 14.7 Å². The third kappa shape index (κ3) is 5.29. The van der Waals surface area contributed by atoms with Crippen LogP contribution >= 0.6 is 0 Å². The van der Waals surface area contributed by atoms with Gasteiger partial charge >= 0.3 is 5.97 Å². The van der Waals surface area contributed by atoms with E-state index in [4.69, 9.17) is 19.7 Å². The number of aryl methyl sites for hydroxylation is 2. The van der Waals surface area contributed by atoms with E-state index in [1.807, 2.05) is 67.6 Å². The second-order valence-electron chi connectivity index (χ2n) is 9.45. The predicted molar refractivity (Wildman–Crippen MR) is 145 cm³/mol. The largest absolute Gasteiger partial charge is 0.497 e. The van der Waals surface area contributed by atoms with Gasteiger partial charge in [-0.1, -0.05) is 41.1 Å². The van der Waals surface area contributed by atoms with Crippen LogP contribution in [0.15, 0.2) is 76.7 Å². The monoisotopic (exact) mass is 511 g/mol. The Balaban J connectivity index is 1.48. The molecule has 1 N–H and O–H groups in total. The van der Waals surface area contributed by atoms with Gasteiger partial charge in [0.1, 0.15) is 11.6 Å². The standard InChI is InChI=1S/C30H29N3O5/c1-19-10-13-22(14-11-19)33-28(8-3-4-9-29(34)35)31-26-17-20(12-15-24(26)30(33)36)25-18-27(38-32-25)21-6-5-7-23(16-21)37-2/h5-7,10-17,27H,3-4,8-9,18H2,1-2H3,(H,34,35). The van der Waals surface area contributed by atoms with Gasteiger partial charge in [-0.25, -0.2) is 4.98 Å². The number of oxime groups is 1. The highest BCUT2D eigenvalue weighted by atomic mass is 16.6. The fourth-order valence-electron chi connectivity index (χ4n) is 4.67. The number of benzene rings is 3. The number of nitrogens with zero attached hydrogens (tertiary/aromatic N) is 3. The maximum atomic E-state index is 13.7. The number of fused-ring (bicyclic) bond motifs is 1. The van der Waals surface area contributed by atoms with Gasteiger partial charge in [0.15, 0.2) is 6.10 Å². The van der Waals surface area contributed by atoms with Gasteiger partial charge in [-0.3, -0.25) is 14.2 Å². The average Bonchev–Trinajstić information content (AvgIpc) is 3.42. The molecule has 0 bridgehead atoms. The SMILES string of the molecule is COc1cccc(C2CC(c3ccc4c(=O)n(-c5ccc(C)cc5)c(CCCCC(=O)O)nc4c3)=NO2)c1. The third-order valence-corrected chi connectivity index (χ3v) is 6.74. The molecule has 0 aliphatic carbocycles. The summed E-state index contributed by atoms with van der Waals surface area (Å²) in [5, 5.41) is 13.8. The smallest absolute Gasteiger partial charge is 0.303 e. The Labute approximate surface area is 220 Å². The number of carboxylic acid groups (broad SMARTS) is 1. The summed E-state index contributed by atoms with van der Waals surface area (Å²) in [6, 6.07) is 21.0. The third-order valence-electron chi connectivity index (χ3n) is 6.74. The van der Waals surface area contributed by atoms with Crippen LogP contribution in [0.25, 0.3) is 16.6 Å². The van der Waals surface area contributed by atoms with E-state index < -0.39 is 5.97 Å². The molecule has 0 spiro atoms. The highest BCUT2D eigenvalue weighted by molar-refractivity contribution is 6.03. The number of hydrogen-bond donors (Lipinski definition) is 1. The Morgan fingerprint density at radius 1 is 1.11 bits per heavy atom. The van der Waals surface area contributed by atoms with Crippen LogP contribution in [0.5, 0.6) is 5.75 Å². The lowest BCUT2D eigenvalue weighted by molar-refractivity contribution is -0.137. The van der Waals surface area contributed by atoms with Gasteiger partial charge in [0.25, 0.3) is 5.56 Å². The zero-order valence-electron chi connectivity index (χ0n) is 21.4. The number of aromatic nitrogens is 2. The molecule has 1 aromatic heterocycles. The van der Waals surface area contributed by atoms with Crippen molar-refractivity contribution in [2.75, 3.05) is 7.11 Å². The molecule has 1 aliphatic heterocycles. The van der Waals surface area contributed by atoms with Crippen LogP contribution in [0.4, 0.5) is 0 Å². The summed E-state index contributed by atoms with van der Waals surface area (Å²) < 4.78 is 6.96. The highest BCUT2D eigenvalue weighted by Crippen LogP contribution is 2.31. The maximum absolute atomic E-state index is 13.7. The fraction of sp³-hybridized carbons (Fsp3) is 0.267. The molecule has 2 heterocycles. The molecule has 0 radical (unpaired) electrons. The Kier molecular flexibility index (Phi) is 7.22. The molecule has 8 heteroatoms. The summed E-state index contributed by atoms with van der Waals surface area (Å²) in [5.41, 5.74) is 4.87. The van der Waals surface area contributed by atoms with E-state index in [-0.39, 0.29) is 18.1 Å². The van der Waals surface area contributed by atoms with Gasteiger partial charge in [-0.05, 0) is 61.7 Å². The fourth-order valence-corrected chi connectivity index (χ4v) is 4.67. The Bertz CT molecular complexity index is 1570. The van der Waals surface area contributed by atoms with Crippen molar-refractivity contribution in [1.29, 1.82) is 0 Å². The number of unbranched alkanes of at least 4 members (excludes halogenated alkanes) is 1. The summed E-state index contributed by atoms with van der Waals surface area (Å²) in [7, 11) is 1.63. The number of aliphatic carboxylic acids is 1. The van der Waals surface area contributed by atoms with Crippen LogP contribution < -0.4 is 10.3 Å². The predicted octanol–water partition coefficient (Wildman–Crippen LogP) is 5.37. The van der Waals surface area contributed by atoms with Crippen LogP contribution in [-0.4, -0.2) is 33.4 Å². The molecule has 1 unspecified atom stereocenters. The van der Waals surface area contributed by atoms with Crippen LogP contribution in [0.3, 0.4) is 0 Å². The zero-order valence-corrected chi connectivity index (χ0v) is 21.4. The molecule has 4 aromatic rings. The zero-order chi connectivity index (χ0) is 26.6. The molecule has 0 saturated carbocycles. The van der Waals surface area contributed by atoms with Crippen LogP contribution in [0.1, 0.15) is 54.3 Å². The molecule has 1 aliphatic rings. The van der Waals surface area contributed by atoms with Crippen molar-refractivity contribution in [3.05, 3.63) is 99.6 Å². The van der Waals surface area contributed by atoms with Crippen molar-refractivity contribution >= 4 is 22.6 Å². The second kappa shape index (κ2) is 10.9. The summed E-state index contributed by atoms with van der Waals surface area (Å²) >= 11 is 0. The van der Waals surface area contributed by atoms with E-state index in [0.29, 0.717) is 42.4 Å². The van der Waals surface area contributed by atoms with Crippen molar-refractivity contribution in [3.63, 3.8) is 0 Å². The first-order valence-corrected chi connectivity index (χ1v) is 12.6. The molecule has 8 nitrogen and oxygen atoms in total. The van der Waals surface area contributed by atoms with Crippen LogP contribution in [-0.2, 0) is 16.1 Å². The summed E-state index contributed by atoms with van der Waals surface area (Å²) in [6.07, 6.45) is 2.05. The number of hydrogen-bond acceptors (Lipinski definition) is 6. The molecule has 5 rings (SSSR count). The van der Waals surface area contributed by atoms with Crippen molar-refractivity contribution in [2.45, 2.75) is 45.1 Å². The lowest BCUT2D eigenvalue weighted by atomic mass is 9.99. The van der Waals surface area contributed by atoms with E-state index in [2.05, 4.69) is 5.16 Å². The second-order valence-corrected chi connectivity index (χ2v) is 9.45. The maximum Gasteiger partial charge on any atom is 0.303 e. The summed E-state index contributed by atoms with van der Waals surface area (Å²) in [6.45, 7) is 1.99. The van der Waals surface area contributed by atoms with Crippen molar-refractivity contribution in [1.82, 2.24) is 9.55 Å². The quantitative estimate of drug-likeness (QED) is 0.303. The number of carboxylic acids is 1. The number of methoxy groups -OCH3 is 1. The topological polar surface area (TPSA) is 103 Å².